The van der Waals surface area contributed by atoms with Gasteiger partial charge in [-0.2, -0.15) is 0 Å². The highest BCUT2D eigenvalue weighted by Gasteiger charge is 2.08. The van der Waals surface area contributed by atoms with Crippen LogP contribution in [0.25, 0.3) is 0 Å². The van der Waals surface area contributed by atoms with Crippen molar-refractivity contribution in [1.82, 2.24) is 0 Å². The molecule has 2 nitrogen and oxygen atoms in total. The minimum Gasteiger partial charge on any atom is -0.392 e. The van der Waals surface area contributed by atoms with Crippen LogP contribution in [0.5, 0.6) is 0 Å². The Labute approximate surface area is 92.3 Å². The van der Waals surface area contributed by atoms with Crippen molar-refractivity contribution in [3.8, 4) is 0 Å². The summed E-state index contributed by atoms with van der Waals surface area (Å²) >= 11 is 0. The largest absolute Gasteiger partial charge is 0.392 e. The highest BCUT2D eigenvalue weighted by Crippen LogP contribution is 2.26. The highest BCUT2D eigenvalue weighted by molar-refractivity contribution is 5.55. The van der Waals surface area contributed by atoms with Gasteiger partial charge < -0.3 is 10.4 Å². The van der Waals surface area contributed by atoms with Gasteiger partial charge in [0.25, 0.3) is 0 Å². The molecule has 84 valence electrons. The first-order valence-electron chi connectivity index (χ1n) is 5.54. The molecule has 0 saturated heterocycles. The van der Waals surface area contributed by atoms with Gasteiger partial charge in [-0.3, -0.25) is 0 Å². The van der Waals surface area contributed by atoms with Gasteiger partial charge in [-0.15, -0.1) is 0 Å². The van der Waals surface area contributed by atoms with E-state index in [-0.39, 0.29) is 6.61 Å². The van der Waals surface area contributed by atoms with Crippen molar-refractivity contribution in [3.63, 3.8) is 0 Å². The smallest absolute Gasteiger partial charge is 0.0682 e. The summed E-state index contributed by atoms with van der Waals surface area (Å²) in [7, 11) is 0. The molecule has 0 heterocycles. The Kier molecular flexibility index (Phi) is 4.15. The number of aliphatic hydroxyl groups is 1. The maximum atomic E-state index is 9.10. The van der Waals surface area contributed by atoms with Crippen LogP contribution in [0.3, 0.4) is 0 Å². The Morgan fingerprint density at radius 2 is 1.87 bits per heavy atom. The first-order chi connectivity index (χ1) is 7.04. The standard InChI is InChI=1S/C13H21NO/c1-9(2)12-6-5-11(8-15)7-13(12)14-10(3)4/h5-7,9-10,14-15H,8H2,1-4H3. The third-order valence-electron chi connectivity index (χ3n) is 2.37. The number of hydrogen-bond acceptors (Lipinski definition) is 2. The average Bonchev–Trinajstić information content (AvgIpc) is 2.16. The summed E-state index contributed by atoms with van der Waals surface area (Å²) in [6.45, 7) is 8.70. The fourth-order valence-electron chi connectivity index (χ4n) is 1.64. The van der Waals surface area contributed by atoms with Crippen LogP contribution < -0.4 is 5.32 Å². The predicted molar refractivity (Wildman–Crippen MR) is 65.2 cm³/mol. The van der Waals surface area contributed by atoms with Crippen molar-refractivity contribution in [1.29, 1.82) is 0 Å². The summed E-state index contributed by atoms with van der Waals surface area (Å²) in [5, 5.41) is 12.5. The molecule has 0 saturated carbocycles. The molecule has 0 unspecified atom stereocenters. The van der Waals surface area contributed by atoms with E-state index in [4.69, 9.17) is 5.11 Å². The summed E-state index contributed by atoms with van der Waals surface area (Å²) in [5.74, 6) is 0.499. The normalized spacial score (nSPS) is 11.1. The molecule has 0 radical (unpaired) electrons. The van der Waals surface area contributed by atoms with Crippen LogP contribution in [0.4, 0.5) is 5.69 Å². The van der Waals surface area contributed by atoms with Gasteiger partial charge in [-0.05, 0) is 37.0 Å². The molecule has 0 aromatic heterocycles. The summed E-state index contributed by atoms with van der Waals surface area (Å²) in [5.41, 5.74) is 3.41. The van der Waals surface area contributed by atoms with Gasteiger partial charge in [0.15, 0.2) is 0 Å². The highest BCUT2D eigenvalue weighted by atomic mass is 16.3. The van der Waals surface area contributed by atoms with Gasteiger partial charge in [0.2, 0.25) is 0 Å². The van der Waals surface area contributed by atoms with E-state index in [1.54, 1.807) is 0 Å². The molecular formula is C13H21NO. The van der Waals surface area contributed by atoms with E-state index in [1.165, 1.54) is 5.56 Å². The summed E-state index contributed by atoms with van der Waals surface area (Å²) in [6.07, 6.45) is 0. The van der Waals surface area contributed by atoms with E-state index < -0.39 is 0 Å². The van der Waals surface area contributed by atoms with Gasteiger partial charge in [-0.25, -0.2) is 0 Å². The predicted octanol–water partition coefficient (Wildman–Crippen LogP) is 3.12. The van der Waals surface area contributed by atoms with Crippen molar-refractivity contribution in [2.75, 3.05) is 5.32 Å². The Hall–Kier alpha value is -1.02. The number of hydrogen-bond donors (Lipinski definition) is 2. The van der Waals surface area contributed by atoms with Crippen molar-refractivity contribution in [3.05, 3.63) is 29.3 Å². The molecule has 0 aliphatic heterocycles. The second-order valence-electron chi connectivity index (χ2n) is 4.53. The lowest BCUT2D eigenvalue weighted by atomic mass is 9.99. The maximum absolute atomic E-state index is 9.10. The van der Waals surface area contributed by atoms with E-state index >= 15 is 0 Å². The summed E-state index contributed by atoms with van der Waals surface area (Å²) in [6, 6.07) is 6.54. The SMILES string of the molecule is CC(C)Nc1cc(CO)ccc1C(C)C. The Morgan fingerprint density at radius 1 is 1.20 bits per heavy atom. The lowest BCUT2D eigenvalue weighted by Gasteiger charge is -2.18. The van der Waals surface area contributed by atoms with E-state index in [9.17, 15) is 0 Å². The van der Waals surface area contributed by atoms with Crippen LogP contribution in [0, 0.1) is 0 Å². The average molecular weight is 207 g/mol. The number of benzene rings is 1. The molecule has 1 aromatic carbocycles. The molecule has 0 spiro atoms. The molecule has 0 atom stereocenters. The number of nitrogens with one attached hydrogen (secondary N) is 1. The molecular weight excluding hydrogens is 186 g/mol. The van der Waals surface area contributed by atoms with Crippen molar-refractivity contribution < 1.29 is 5.11 Å². The first-order valence-corrected chi connectivity index (χ1v) is 5.54. The minimum atomic E-state index is 0.102. The third kappa shape index (κ3) is 3.24. The van der Waals surface area contributed by atoms with Crippen LogP contribution in [0.15, 0.2) is 18.2 Å². The molecule has 0 aliphatic carbocycles. The zero-order valence-electron chi connectivity index (χ0n) is 10.0. The Morgan fingerprint density at radius 3 is 2.33 bits per heavy atom. The topological polar surface area (TPSA) is 32.3 Å². The first kappa shape index (κ1) is 12.1. The molecule has 2 N–H and O–H groups in total. The van der Waals surface area contributed by atoms with Gasteiger partial charge in [-0.1, -0.05) is 26.0 Å². The van der Waals surface area contributed by atoms with Crippen LogP contribution in [0.1, 0.15) is 44.7 Å². The van der Waals surface area contributed by atoms with E-state index in [1.807, 2.05) is 12.1 Å². The Bertz CT molecular complexity index is 318. The second-order valence-corrected chi connectivity index (χ2v) is 4.53. The molecule has 0 fully saturated rings. The van der Waals surface area contributed by atoms with Crippen LogP contribution in [-0.4, -0.2) is 11.1 Å². The monoisotopic (exact) mass is 207 g/mol. The molecule has 0 aliphatic rings. The van der Waals surface area contributed by atoms with Gasteiger partial charge in [0.05, 0.1) is 6.61 Å². The van der Waals surface area contributed by atoms with E-state index in [0.29, 0.717) is 12.0 Å². The lowest BCUT2D eigenvalue weighted by Crippen LogP contribution is -2.12. The second kappa shape index (κ2) is 5.17. The molecule has 2 heteroatoms. The quantitative estimate of drug-likeness (QED) is 0.795. The van der Waals surface area contributed by atoms with Gasteiger partial charge >= 0.3 is 0 Å². The third-order valence-corrected chi connectivity index (χ3v) is 2.37. The van der Waals surface area contributed by atoms with Crippen molar-refractivity contribution >= 4 is 5.69 Å². The van der Waals surface area contributed by atoms with Crippen molar-refractivity contribution in [2.24, 2.45) is 0 Å². The fraction of sp³-hybridized carbons (Fsp3) is 0.538. The molecule has 15 heavy (non-hydrogen) atoms. The van der Waals surface area contributed by atoms with Crippen molar-refractivity contribution in [2.45, 2.75) is 46.3 Å². The van der Waals surface area contributed by atoms with Crippen LogP contribution in [-0.2, 0) is 6.61 Å². The fourth-order valence-corrected chi connectivity index (χ4v) is 1.64. The molecule has 0 amide bonds. The zero-order valence-corrected chi connectivity index (χ0v) is 10.0. The minimum absolute atomic E-state index is 0.102. The number of rotatable bonds is 4. The lowest BCUT2D eigenvalue weighted by molar-refractivity contribution is 0.282. The zero-order chi connectivity index (χ0) is 11.4. The van der Waals surface area contributed by atoms with Crippen LogP contribution in [0.2, 0.25) is 0 Å². The summed E-state index contributed by atoms with van der Waals surface area (Å²) < 4.78 is 0. The summed E-state index contributed by atoms with van der Waals surface area (Å²) in [4.78, 5) is 0. The van der Waals surface area contributed by atoms with E-state index in [2.05, 4.69) is 39.1 Å². The number of anilines is 1. The molecule has 0 bridgehead atoms. The molecule has 1 aromatic rings. The number of aliphatic hydroxyl groups excluding tert-OH is 1. The maximum Gasteiger partial charge on any atom is 0.0682 e. The van der Waals surface area contributed by atoms with E-state index in [0.717, 1.165) is 11.3 Å². The van der Waals surface area contributed by atoms with Gasteiger partial charge in [0, 0.05) is 11.7 Å². The van der Waals surface area contributed by atoms with Crippen LogP contribution >= 0.6 is 0 Å². The Balaban J connectivity index is 3.05. The molecule has 1 rings (SSSR count). The van der Waals surface area contributed by atoms with Gasteiger partial charge in [0.1, 0.15) is 0 Å².